The number of amides is 3. The molecule has 0 radical (unpaired) electrons. The topological polar surface area (TPSA) is 140 Å². The molecule has 0 fully saturated rings. The van der Waals surface area contributed by atoms with Crippen molar-refractivity contribution < 1.29 is 22.7 Å². The number of quaternary nitrogens is 1. The number of pyridine rings is 1. The van der Waals surface area contributed by atoms with Gasteiger partial charge in [-0.1, -0.05) is 36.4 Å². The molecule has 0 spiro atoms. The number of imide groups is 1. The van der Waals surface area contributed by atoms with Crippen LogP contribution >= 0.6 is 0 Å². The number of hydrogen-bond donors (Lipinski definition) is 1. The largest absolute Gasteiger partial charge is 0.494 e. The maximum absolute atomic E-state index is 14.4. The first-order chi connectivity index (χ1) is 17.8. The molecular weight excluding hydrogens is 492 g/mol. The average molecular weight is 514 g/mol. The smallest absolute Gasteiger partial charge is 0.442 e. The number of nitriles is 1. The summed E-state index contributed by atoms with van der Waals surface area (Å²) in [6, 6.07) is 19.2. The monoisotopic (exact) mass is 513 g/mol. The lowest BCUT2D eigenvalue weighted by molar-refractivity contribution is -0.123. The summed E-state index contributed by atoms with van der Waals surface area (Å²) in [4.78, 5) is 31.5. The molecule has 1 aliphatic heterocycles. The van der Waals surface area contributed by atoms with Gasteiger partial charge in [0.2, 0.25) is 0 Å². The molecule has 0 saturated heterocycles. The highest BCUT2D eigenvalue weighted by atomic mass is 32.2. The van der Waals surface area contributed by atoms with Crippen LogP contribution in [0.15, 0.2) is 83.9 Å². The first kappa shape index (κ1) is 24.1. The Morgan fingerprint density at radius 1 is 1.08 bits per heavy atom. The van der Waals surface area contributed by atoms with Crippen molar-refractivity contribution >= 4 is 38.6 Å². The van der Waals surface area contributed by atoms with E-state index in [-0.39, 0.29) is 27.2 Å². The Bertz CT molecular complexity index is 1740. The van der Waals surface area contributed by atoms with Crippen molar-refractivity contribution in [2.75, 3.05) is 6.61 Å². The van der Waals surface area contributed by atoms with Gasteiger partial charge in [-0.05, 0) is 41.1 Å². The first-order valence-corrected chi connectivity index (χ1v) is 12.8. The summed E-state index contributed by atoms with van der Waals surface area (Å²) in [6.07, 6.45) is 1.43. The van der Waals surface area contributed by atoms with Crippen LogP contribution in [0.3, 0.4) is 0 Å². The predicted octanol–water partition coefficient (Wildman–Crippen LogP) is 3.95. The van der Waals surface area contributed by atoms with Crippen molar-refractivity contribution in [1.29, 1.82) is 5.26 Å². The summed E-state index contributed by atoms with van der Waals surface area (Å²) in [7, 11) is -4.85. The van der Waals surface area contributed by atoms with Crippen LogP contribution in [0.25, 0.3) is 10.9 Å². The number of hydrogen-bond acceptors (Lipinski definition) is 7. The number of fused-ring (bicyclic) bond motifs is 2. The summed E-state index contributed by atoms with van der Waals surface area (Å²) in [5, 5.41) is 10.1. The van der Waals surface area contributed by atoms with E-state index in [9.17, 15) is 23.3 Å². The maximum atomic E-state index is 14.4. The Hall–Kier alpha value is -4.59. The molecule has 2 heterocycles. The highest BCUT2D eigenvalue weighted by molar-refractivity contribution is 7.92. The zero-order valence-corrected chi connectivity index (χ0v) is 20.5. The zero-order valence-electron chi connectivity index (χ0n) is 19.7. The minimum atomic E-state index is -4.85. The van der Waals surface area contributed by atoms with Gasteiger partial charge in [-0.15, -0.1) is 0 Å². The van der Waals surface area contributed by atoms with Crippen LogP contribution in [0.4, 0.5) is 10.5 Å². The van der Waals surface area contributed by atoms with E-state index < -0.39 is 31.8 Å². The summed E-state index contributed by atoms with van der Waals surface area (Å²) < 4.78 is 32.8. The number of carbonyl (C=O) groups excluding carboxylic acids is 2. The molecule has 0 saturated carbocycles. The zero-order chi connectivity index (χ0) is 26.4. The van der Waals surface area contributed by atoms with E-state index >= 15 is 0 Å². The van der Waals surface area contributed by atoms with Gasteiger partial charge in [-0.2, -0.15) is 13.7 Å². The Morgan fingerprint density at radius 2 is 1.84 bits per heavy atom. The van der Waals surface area contributed by atoms with Gasteiger partial charge in [0, 0.05) is 28.8 Å². The number of primary amides is 1. The van der Waals surface area contributed by atoms with Crippen LogP contribution in [-0.4, -0.2) is 31.9 Å². The van der Waals surface area contributed by atoms with Gasteiger partial charge >= 0.3 is 22.0 Å². The normalized spacial score (nSPS) is 18.8. The standard InChI is InChI=1S/C27H20N4O5S/c1-2-36-22-10-4-3-9-19(22)24-20-15-17(16-28)12-13-21(20)31(26(24)32,27(29)33)37(34,35)23-11-5-7-18-8-6-14-30-25(18)23/h3-15,24H,2H2,1H3,(H-,29,33)/p+1. The van der Waals surface area contributed by atoms with Gasteiger partial charge < -0.3 is 10.5 Å². The molecule has 9 nitrogen and oxygen atoms in total. The quantitative estimate of drug-likeness (QED) is 0.398. The average Bonchev–Trinajstić information content (AvgIpc) is 3.17. The number of carbonyl (C=O) groups is 2. The minimum Gasteiger partial charge on any atom is -0.494 e. The highest BCUT2D eigenvalue weighted by Gasteiger charge is 2.67. The van der Waals surface area contributed by atoms with Crippen LogP contribution in [0.5, 0.6) is 5.75 Å². The maximum Gasteiger partial charge on any atom is 0.442 e. The third-order valence-corrected chi connectivity index (χ3v) is 8.60. The molecule has 37 heavy (non-hydrogen) atoms. The lowest BCUT2D eigenvalue weighted by Gasteiger charge is -2.26. The Kier molecular flexibility index (Phi) is 5.75. The van der Waals surface area contributed by atoms with Gasteiger partial charge in [0.1, 0.15) is 16.6 Å². The number of rotatable bonds is 5. The van der Waals surface area contributed by atoms with Crippen LogP contribution in [0.1, 0.15) is 29.5 Å². The van der Waals surface area contributed by atoms with Gasteiger partial charge in [0.15, 0.2) is 5.69 Å². The molecule has 5 rings (SSSR count). The fourth-order valence-electron chi connectivity index (χ4n) is 4.91. The lowest BCUT2D eigenvalue weighted by Crippen LogP contribution is -2.63. The minimum absolute atomic E-state index is 0.102. The molecule has 2 atom stereocenters. The van der Waals surface area contributed by atoms with Crippen LogP contribution in [0.2, 0.25) is 0 Å². The van der Waals surface area contributed by atoms with Crippen molar-refractivity contribution in [2.24, 2.45) is 5.73 Å². The lowest BCUT2D eigenvalue weighted by atomic mass is 9.91. The second kappa shape index (κ2) is 8.81. The third kappa shape index (κ3) is 3.32. The summed E-state index contributed by atoms with van der Waals surface area (Å²) in [5.74, 6) is -1.88. The molecule has 3 amide bonds. The van der Waals surface area contributed by atoms with E-state index in [2.05, 4.69) is 4.98 Å². The molecule has 2 unspecified atom stereocenters. The van der Waals surface area contributed by atoms with Crippen LogP contribution in [0, 0.1) is 11.3 Å². The van der Waals surface area contributed by atoms with E-state index in [1.54, 1.807) is 49.4 Å². The number of sulfonamides is 1. The third-order valence-electron chi connectivity index (χ3n) is 6.44. The fourth-order valence-corrected chi connectivity index (χ4v) is 6.87. The molecule has 1 aliphatic rings. The Balaban J connectivity index is 1.88. The van der Waals surface area contributed by atoms with Crippen molar-refractivity contribution in [3.05, 3.63) is 95.7 Å². The van der Waals surface area contributed by atoms with Gasteiger partial charge in [-0.3, -0.25) is 4.98 Å². The number of nitrogens with zero attached hydrogens (tertiary/aromatic N) is 3. The van der Waals surface area contributed by atoms with E-state index in [0.29, 0.717) is 23.3 Å². The molecule has 0 aliphatic carbocycles. The molecule has 10 heteroatoms. The number of urea groups is 1. The van der Waals surface area contributed by atoms with E-state index in [0.717, 1.165) is 0 Å². The molecule has 184 valence electrons. The fraction of sp³-hybridized carbons (Fsp3) is 0.111. The first-order valence-electron chi connectivity index (χ1n) is 11.4. The molecular formula is C27H21N4O5S+. The molecule has 1 aromatic heterocycles. The van der Waals surface area contributed by atoms with Gasteiger partial charge in [0.05, 0.1) is 23.8 Å². The number of para-hydroxylation sites is 2. The van der Waals surface area contributed by atoms with Gasteiger partial charge in [0.25, 0.3) is 0 Å². The SMILES string of the molecule is CCOc1ccccc1C1C(=O)[N+](C(N)=O)(S(=O)(=O)c2cccc3cccnc23)c2ccc(C#N)cc21. The number of ether oxygens (including phenoxy) is 1. The number of benzene rings is 3. The van der Waals surface area contributed by atoms with Crippen molar-refractivity contribution in [3.63, 3.8) is 0 Å². The van der Waals surface area contributed by atoms with Crippen molar-refractivity contribution in [3.8, 4) is 11.8 Å². The Morgan fingerprint density at radius 3 is 2.57 bits per heavy atom. The van der Waals surface area contributed by atoms with Crippen LogP contribution < -0.4 is 14.4 Å². The molecule has 3 aromatic carbocycles. The summed E-state index contributed by atoms with van der Waals surface area (Å²) in [5.41, 5.74) is 6.53. The number of nitrogens with two attached hydrogens (primary N) is 1. The van der Waals surface area contributed by atoms with Gasteiger partial charge in [-0.25, -0.2) is 9.59 Å². The second-order valence-corrected chi connectivity index (χ2v) is 10.3. The van der Waals surface area contributed by atoms with E-state index in [1.165, 1.54) is 36.5 Å². The summed E-state index contributed by atoms with van der Waals surface area (Å²) >= 11 is 0. The van der Waals surface area contributed by atoms with Crippen LogP contribution in [-0.2, 0) is 14.8 Å². The van der Waals surface area contributed by atoms with Crippen molar-refractivity contribution in [1.82, 2.24) is 8.87 Å². The molecule has 2 N–H and O–H groups in total. The highest BCUT2D eigenvalue weighted by Crippen LogP contribution is 2.51. The molecule has 0 bridgehead atoms. The number of aromatic nitrogens is 1. The van der Waals surface area contributed by atoms with Crippen molar-refractivity contribution in [2.45, 2.75) is 17.7 Å². The predicted molar refractivity (Wildman–Crippen MR) is 136 cm³/mol. The molecule has 4 aromatic rings. The van der Waals surface area contributed by atoms with E-state index in [1.807, 2.05) is 6.07 Å². The Labute approximate surface area is 213 Å². The van der Waals surface area contributed by atoms with E-state index in [4.69, 9.17) is 10.5 Å². The second-order valence-electron chi connectivity index (χ2n) is 8.38. The summed E-state index contributed by atoms with van der Waals surface area (Å²) in [6.45, 7) is 2.07.